The van der Waals surface area contributed by atoms with Gasteiger partial charge in [0.2, 0.25) is 5.91 Å². The molecule has 0 aromatic carbocycles. The fourth-order valence-corrected chi connectivity index (χ4v) is 3.25. The SMILES string of the molecule is O=C(NC1(C(=O)O)CCCC1)C1CCCCCC1. The minimum Gasteiger partial charge on any atom is -0.480 e. The van der Waals surface area contributed by atoms with Crippen molar-refractivity contribution >= 4 is 11.9 Å². The lowest BCUT2D eigenvalue weighted by Crippen LogP contribution is -2.54. The molecule has 0 radical (unpaired) electrons. The lowest BCUT2D eigenvalue weighted by Gasteiger charge is -2.27. The predicted octanol–water partition coefficient (Wildman–Crippen LogP) is 2.47. The molecular formula is C14H23NO3. The van der Waals surface area contributed by atoms with Gasteiger partial charge in [-0.1, -0.05) is 38.5 Å². The number of amides is 1. The van der Waals surface area contributed by atoms with Crippen LogP contribution in [-0.4, -0.2) is 22.5 Å². The van der Waals surface area contributed by atoms with Gasteiger partial charge in [-0.25, -0.2) is 4.79 Å². The highest BCUT2D eigenvalue weighted by molar-refractivity contribution is 5.88. The van der Waals surface area contributed by atoms with Crippen molar-refractivity contribution < 1.29 is 14.7 Å². The summed E-state index contributed by atoms with van der Waals surface area (Å²) in [6, 6.07) is 0. The van der Waals surface area contributed by atoms with E-state index < -0.39 is 11.5 Å². The quantitative estimate of drug-likeness (QED) is 0.759. The van der Waals surface area contributed by atoms with Gasteiger partial charge in [-0.3, -0.25) is 4.79 Å². The first-order valence-electron chi connectivity index (χ1n) is 7.19. The zero-order valence-corrected chi connectivity index (χ0v) is 10.9. The van der Waals surface area contributed by atoms with E-state index in [2.05, 4.69) is 5.32 Å². The molecule has 0 unspecified atom stereocenters. The summed E-state index contributed by atoms with van der Waals surface area (Å²) in [5.74, 6) is -0.854. The fourth-order valence-electron chi connectivity index (χ4n) is 3.25. The highest BCUT2D eigenvalue weighted by atomic mass is 16.4. The van der Waals surface area contributed by atoms with Gasteiger partial charge in [0.05, 0.1) is 0 Å². The molecule has 2 fully saturated rings. The van der Waals surface area contributed by atoms with E-state index in [9.17, 15) is 14.7 Å². The zero-order chi connectivity index (χ0) is 13.0. The van der Waals surface area contributed by atoms with Crippen molar-refractivity contribution in [2.75, 3.05) is 0 Å². The Kier molecular flexibility index (Phi) is 4.25. The average molecular weight is 253 g/mol. The first-order chi connectivity index (χ1) is 8.64. The van der Waals surface area contributed by atoms with Gasteiger partial charge in [0.15, 0.2) is 0 Å². The Labute approximate surface area is 108 Å². The van der Waals surface area contributed by atoms with Gasteiger partial charge in [0.1, 0.15) is 5.54 Å². The molecule has 0 spiro atoms. The van der Waals surface area contributed by atoms with E-state index >= 15 is 0 Å². The lowest BCUT2D eigenvalue weighted by molar-refractivity contribution is -0.148. The van der Waals surface area contributed by atoms with E-state index in [1.165, 1.54) is 12.8 Å². The van der Waals surface area contributed by atoms with Gasteiger partial charge in [0.25, 0.3) is 0 Å². The Bertz CT molecular complexity index is 313. The van der Waals surface area contributed by atoms with Crippen LogP contribution in [0.5, 0.6) is 0 Å². The third kappa shape index (κ3) is 2.85. The first kappa shape index (κ1) is 13.4. The summed E-state index contributed by atoms with van der Waals surface area (Å²) in [5.41, 5.74) is -0.969. The molecule has 0 aromatic rings. The summed E-state index contributed by atoms with van der Waals surface area (Å²) in [4.78, 5) is 23.6. The molecule has 2 aliphatic carbocycles. The monoisotopic (exact) mass is 253 g/mol. The van der Waals surface area contributed by atoms with Crippen molar-refractivity contribution in [1.82, 2.24) is 5.32 Å². The van der Waals surface area contributed by atoms with Crippen LogP contribution in [0.4, 0.5) is 0 Å². The van der Waals surface area contributed by atoms with Gasteiger partial charge in [0, 0.05) is 5.92 Å². The zero-order valence-electron chi connectivity index (χ0n) is 10.9. The Balaban J connectivity index is 1.98. The summed E-state index contributed by atoms with van der Waals surface area (Å²) in [7, 11) is 0. The van der Waals surface area contributed by atoms with E-state index in [0.717, 1.165) is 38.5 Å². The Morgan fingerprint density at radius 2 is 1.50 bits per heavy atom. The summed E-state index contributed by atoms with van der Waals surface area (Å²) in [6.45, 7) is 0. The summed E-state index contributed by atoms with van der Waals surface area (Å²) < 4.78 is 0. The normalized spacial score (nSPS) is 24.4. The number of hydrogen-bond donors (Lipinski definition) is 2. The molecule has 0 aliphatic heterocycles. The van der Waals surface area contributed by atoms with Crippen LogP contribution in [0.1, 0.15) is 64.2 Å². The van der Waals surface area contributed by atoms with E-state index in [1.807, 2.05) is 0 Å². The fraction of sp³-hybridized carbons (Fsp3) is 0.857. The van der Waals surface area contributed by atoms with Crippen LogP contribution < -0.4 is 5.32 Å². The molecule has 2 rings (SSSR count). The highest BCUT2D eigenvalue weighted by Crippen LogP contribution is 2.31. The van der Waals surface area contributed by atoms with Crippen molar-refractivity contribution in [2.24, 2.45) is 5.92 Å². The van der Waals surface area contributed by atoms with Gasteiger partial charge >= 0.3 is 5.97 Å². The number of hydrogen-bond acceptors (Lipinski definition) is 2. The van der Waals surface area contributed by atoms with Crippen molar-refractivity contribution in [2.45, 2.75) is 69.7 Å². The molecule has 2 aliphatic rings. The molecule has 2 N–H and O–H groups in total. The van der Waals surface area contributed by atoms with Crippen LogP contribution in [0, 0.1) is 5.92 Å². The largest absolute Gasteiger partial charge is 0.480 e. The average Bonchev–Trinajstić information content (AvgIpc) is 2.65. The number of aliphatic carboxylic acids is 1. The van der Waals surface area contributed by atoms with E-state index in [-0.39, 0.29) is 11.8 Å². The maximum atomic E-state index is 12.2. The van der Waals surface area contributed by atoms with Crippen molar-refractivity contribution in [3.63, 3.8) is 0 Å². The first-order valence-corrected chi connectivity index (χ1v) is 7.19. The molecule has 0 heterocycles. The van der Waals surface area contributed by atoms with Crippen LogP contribution >= 0.6 is 0 Å². The molecule has 0 atom stereocenters. The number of carboxylic acid groups (broad SMARTS) is 1. The number of carbonyl (C=O) groups excluding carboxylic acids is 1. The number of rotatable bonds is 3. The Hall–Kier alpha value is -1.06. The second kappa shape index (κ2) is 5.72. The third-order valence-electron chi connectivity index (χ3n) is 4.45. The molecule has 102 valence electrons. The number of carbonyl (C=O) groups is 2. The smallest absolute Gasteiger partial charge is 0.329 e. The summed E-state index contributed by atoms with van der Waals surface area (Å²) in [5, 5.41) is 12.2. The van der Waals surface area contributed by atoms with Crippen LogP contribution in [-0.2, 0) is 9.59 Å². The van der Waals surface area contributed by atoms with Crippen molar-refractivity contribution in [3.05, 3.63) is 0 Å². The molecule has 1 amide bonds. The molecule has 0 bridgehead atoms. The third-order valence-corrected chi connectivity index (χ3v) is 4.45. The van der Waals surface area contributed by atoms with Crippen LogP contribution in [0.3, 0.4) is 0 Å². The van der Waals surface area contributed by atoms with Gasteiger partial charge in [-0.05, 0) is 25.7 Å². The Morgan fingerprint density at radius 1 is 0.944 bits per heavy atom. The second-order valence-corrected chi connectivity index (χ2v) is 5.77. The van der Waals surface area contributed by atoms with E-state index in [1.54, 1.807) is 0 Å². The topological polar surface area (TPSA) is 66.4 Å². The van der Waals surface area contributed by atoms with E-state index in [0.29, 0.717) is 12.8 Å². The highest BCUT2D eigenvalue weighted by Gasteiger charge is 2.43. The van der Waals surface area contributed by atoms with Crippen LogP contribution in [0.2, 0.25) is 0 Å². The van der Waals surface area contributed by atoms with E-state index in [4.69, 9.17) is 0 Å². The summed E-state index contributed by atoms with van der Waals surface area (Å²) in [6.07, 6.45) is 9.40. The molecule has 0 aromatic heterocycles. The molecule has 0 saturated heterocycles. The predicted molar refractivity (Wildman–Crippen MR) is 68.2 cm³/mol. The van der Waals surface area contributed by atoms with Crippen LogP contribution in [0.15, 0.2) is 0 Å². The maximum Gasteiger partial charge on any atom is 0.329 e. The summed E-state index contributed by atoms with van der Waals surface area (Å²) >= 11 is 0. The Morgan fingerprint density at radius 3 is 2.00 bits per heavy atom. The van der Waals surface area contributed by atoms with Gasteiger partial charge < -0.3 is 10.4 Å². The van der Waals surface area contributed by atoms with Crippen molar-refractivity contribution in [3.8, 4) is 0 Å². The molecular weight excluding hydrogens is 230 g/mol. The standard InChI is InChI=1S/C14H23NO3/c16-12(11-7-3-1-2-4-8-11)15-14(13(17)18)9-5-6-10-14/h11H,1-10H2,(H,15,16)(H,17,18). The van der Waals surface area contributed by atoms with Crippen molar-refractivity contribution in [1.29, 1.82) is 0 Å². The molecule has 4 heteroatoms. The van der Waals surface area contributed by atoms with Crippen LogP contribution in [0.25, 0.3) is 0 Å². The number of carboxylic acids is 1. The molecule has 18 heavy (non-hydrogen) atoms. The second-order valence-electron chi connectivity index (χ2n) is 5.77. The minimum absolute atomic E-state index is 0.0267. The molecule has 4 nitrogen and oxygen atoms in total. The van der Waals surface area contributed by atoms with Gasteiger partial charge in [-0.15, -0.1) is 0 Å². The maximum absolute atomic E-state index is 12.2. The number of nitrogens with one attached hydrogen (secondary N) is 1. The minimum atomic E-state index is -0.969. The molecule has 2 saturated carbocycles. The van der Waals surface area contributed by atoms with Gasteiger partial charge in [-0.2, -0.15) is 0 Å². The lowest BCUT2D eigenvalue weighted by atomic mass is 9.93.